The summed E-state index contributed by atoms with van der Waals surface area (Å²) in [4.78, 5) is 0. The van der Waals surface area contributed by atoms with E-state index in [-0.39, 0.29) is 5.38 Å². The van der Waals surface area contributed by atoms with Crippen LogP contribution in [0, 0.1) is 3.57 Å². The monoisotopic (exact) mass is 360 g/mol. The van der Waals surface area contributed by atoms with Crippen molar-refractivity contribution in [2.75, 3.05) is 0 Å². The summed E-state index contributed by atoms with van der Waals surface area (Å²) in [6.07, 6.45) is 4.81. The van der Waals surface area contributed by atoms with Crippen LogP contribution in [-0.4, -0.2) is 9.78 Å². The Hall–Kier alpha value is -0.550. The number of hydrogen-bond acceptors (Lipinski definition) is 1. The first kappa shape index (κ1) is 12.9. The number of rotatable bonds is 4. The van der Waals surface area contributed by atoms with E-state index in [0.717, 1.165) is 18.5 Å². The Balaban J connectivity index is 2.08. The van der Waals surface area contributed by atoms with Gasteiger partial charge in [0, 0.05) is 15.3 Å². The van der Waals surface area contributed by atoms with Gasteiger partial charge in [-0.15, -0.1) is 11.6 Å². The van der Waals surface area contributed by atoms with Gasteiger partial charge in [-0.2, -0.15) is 5.10 Å². The van der Waals surface area contributed by atoms with E-state index in [1.54, 1.807) is 0 Å². The van der Waals surface area contributed by atoms with Gasteiger partial charge in [0.1, 0.15) is 0 Å². The zero-order valence-corrected chi connectivity index (χ0v) is 12.5. The van der Waals surface area contributed by atoms with E-state index in [4.69, 9.17) is 11.6 Å². The van der Waals surface area contributed by atoms with Crippen molar-refractivity contribution in [3.63, 3.8) is 0 Å². The Morgan fingerprint density at radius 3 is 2.71 bits per heavy atom. The van der Waals surface area contributed by atoms with Crippen molar-refractivity contribution in [3.8, 4) is 0 Å². The van der Waals surface area contributed by atoms with Crippen LogP contribution in [0.2, 0.25) is 0 Å². The lowest BCUT2D eigenvalue weighted by Gasteiger charge is -2.03. The van der Waals surface area contributed by atoms with Crippen LogP contribution in [0.15, 0.2) is 36.7 Å². The maximum atomic E-state index is 6.17. The van der Waals surface area contributed by atoms with E-state index in [1.165, 1.54) is 9.13 Å². The number of aromatic nitrogens is 2. The van der Waals surface area contributed by atoms with Gasteiger partial charge < -0.3 is 0 Å². The first-order valence-corrected chi connectivity index (χ1v) is 7.11. The number of nitrogens with zero attached hydrogens (tertiary/aromatic N) is 2. The average molecular weight is 361 g/mol. The first-order chi connectivity index (χ1) is 8.19. The van der Waals surface area contributed by atoms with Crippen LogP contribution in [0.1, 0.15) is 29.8 Å². The van der Waals surface area contributed by atoms with Crippen molar-refractivity contribution in [2.24, 2.45) is 0 Å². The largest absolute Gasteiger partial charge is 0.268 e. The Kier molecular flexibility index (Phi) is 4.45. The van der Waals surface area contributed by atoms with Gasteiger partial charge in [0.05, 0.1) is 18.1 Å². The Morgan fingerprint density at radius 2 is 2.06 bits per heavy atom. The van der Waals surface area contributed by atoms with Crippen LogP contribution < -0.4 is 0 Å². The number of hydrogen-bond donors (Lipinski definition) is 0. The summed E-state index contributed by atoms with van der Waals surface area (Å²) in [6.45, 7) is 2.87. The maximum absolute atomic E-state index is 6.17. The highest BCUT2D eigenvalue weighted by molar-refractivity contribution is 14.1. The van der Waals surface area contributed by atoms with Gasteiger partial charge in [-0.05, 0) is 46.7 Å². The molecule has 4 heteroatoms. The third-order valence-electron chi connectivity index (χ3n) is 2.63. The van der Waals surface area contributed by atoms with Crippen LogP contribution in [0.3, 0.4) is 0 Å². The van der Waals surface area contributed by atoms with Crippen molar-refractivity contribution in [3.05, 3.63) is 51.4 Å². The van der Waals surface area contributed by atoms with E-state index < -0.39 is 0 Å². The van der Waals surface area contributed by atoms with Gasteiger partial charge in [-0.25, -0.2) is 0 Å². The molecule has 1 heterocycles. The molecule has 0 aliphatic heterocycles. The SMILES string of the molecule is CCC(Cl)c1cnn(Cc2ccc(I)cc2)c1. The molecule has 1 unspecified atom stereocenters. The van der Waals surface area contributed by atoms with Gasteiger partial charge >= 0.3 is 0 Å². The normalized spacial score (nSPS) is 12.6. The molecule has 0 fully saturated rings. The van der Waals surface area contributed by atoms with Crippen molar-refractivity contribution in [2.45, 2.75) is 25.3 Å². The summed E-state index contributed by atoms with van der Waals surface area (Å²) in [5.41, 5.74) is 2.35. The summed E-state index contributed by atoms with van der Waals surface area (Å²) in [7, 11) is 0. The molecule has 0 amide bonds. The van der Waals surface area contributed by atoms with Crippen molar-refractivity contribution in [1.82, 2.24) is 9.78 Å². The fourth-order valence-electron chi connectivity index (χ4n) is 1.64. The lowest BCUT2D eigenvalue weighted by molar-refractivity contribution is 0.685. The van der Waals surface area contributed by atoms with E-state index in [9.17, 15) is 0 Å². The zero-order valence-electron chi connectivity index (χ0n) is 9.61. The van der Waals surface area contributed by atoms with E-state index in [0.29, 0.717) is 0 Å². The molecule has 0 N–H and O–H groups in total. The molecule has 1 aromatic carbocycles. The molecular formula is C13H14ClIN2. The van der Waals surface area contributed by atoms with Gasteiger partial charge in [0.15, 0.2) is 0 Å². The molecule has 0 bridgehead atoms. The summed E-state index contributed by atoms with van der Waals surface area (Å²) >= 11 is 8.48. The van der Waals surface area contributed by atoms with E-state index in [1.807, 2.05) is 17.1 Å². The Morgan fingerprint density at radius 1 is 1.35 bits per heavy atom. The fourth-order valence-corrected chi connectivity index (χ4v) is 2.11. The summed E-state index contributed by atoms with van der Waals surface area (Å²) in [5.74, 6) is 0. The van der Waals surface area contributed by atoms with Crippen LogP contribution in [-0.2, 0) is 6.54 Å². The Labute approximate surface area is 120 Å². The molecule has 2 nitrogen and oxygen atoms in total. The number of alkyl halides is 1. The molecule has 90 valence electrons. The molecule has 1 aromatic heterocycles. The lowest BCUT2D eigenvalue weighted by Crippen LogP contribution is -1.99. The van der Waals surface area contributed by atoms with Gasteiger partial charge in [0.25, 0.3) is 0 Å². The minimum Gasteiger partial charge on any atom is -0.268 e. The number of halogens is 2. The predicted octanol–water partition coefficient (Wildman–Crippen LogP) is 4.23. The summed E-state index contributed by atoms with van der Waals surface area (Å²) in [6, 6.07) is 8.47. The highest BCUT2D eigenvalue weighted by Crippen LogP contribution is 2.22. The second-order valence-electron chi connectivity index (χ2n) is 3.97. The zero-order chi connectivity index (χ0) is 12.3. The molecule has 1 atom stereocenters. The van der Waals surface area contributed by atoms with Crippen LogP contribution in [0.25, 0.3) is 0 Å². The summed E-state index contributed by atoms with van der Waals surface area (Å²) < 4.78 is 3.18. The molecule has 0 saturated heterocycles. The van der Waals surface area contributed by atoms with Gasteiger partial charge in [-0.1, -0.05) is 19.1 Å². The molecule has 0 aliphatic carbocycles. The predicted molar refractivity (Wildman–Crippen MR) is 79.4 cm³/mol. The van der Waals surface area contributed by atoms with Crippen LogP contribution in [0.4, 0.5) is 0 Å². The van der Waals surface area contributed by atoms with Crippen molar-refractivity contribution >= 4 is 34.2 Å². The third-order valence-corrected chi connectivity index (χ3v) is 3.91. The first-order valence-electron chi connectivity index (χ1n) is 5.60. The second-order valence-corrected chi connectivity index (χ2v) is 5.75. The molecule has 17 heavy (non-hydrogen) atoms. The van der Waals surface area contributed by atoms with E-state index >= 15 is 0 Å². The van der Waals surface area contributed by atoms with Crippen molar-refractivity contribution in [1.29, 1.82) is 0 Å². The lowest BCUT2D eigenvalue weighted by atomic mass is 10.2. The third kappa shape index (κ3) is 3.45. The molecule has 0 spiro atoms. The fraction of sp³-hybridized carbons (Fsp3) is 0.308. The molecule has 0 radical (unpaired) electrons. The molecule has 0 aliphatic rings. The second kappa shape index (κ2) is 5.87. The highest BCUT2D eigenvalue weighted by atomic mass is 127. The quantitative estimate of drug-likeness (QED) is 0.589. The molecule has 0 saturated carbocycles. The standard InChI is InChI=1S/C13H14ClIN2/c1-2-13(14)11-7-16-17(9-11)8-10-3-5-12(15)6-4-10/h3-7,9,13H,2,8H2,1H3. The summed E-state index contributed by atoms with van der Waals surface area (Å²) in [5, 5.41) is 4.40. The van der Waals surface area contributed by atoms with Crippen LogP contribution >= 0.6 is 34.2 Å². The highest BCUT2D eigenvalue weighted by Gasteiger charge is 2.07. The maximum Gasteiger partial charge on any atom is 0.0659 e. The van der Waals surface area contributed by atoms with Crippen LogP contribution in [0.5, 0.6) is 0 Å². The number of benzene rings is 1. The Bertz CT molecular complexity index is 478. The minimum atomic E-state index is 0.0699. The molecular weight excluding hydrogens is 347 g/mol. The average Bonchev–Trinajstić information content (AvgIpc) is 2.80. The minimum absolute atomic E-state index is 0.0699. The van der Waals surface area contributed by atoms with Gasteiger partial charge in [0.2, 0.25) is 0 Å². The van der Waals surface area contributed by atoms with E-state index in [2.05, 4.69) is 58.9 Å². The topological polar surface area (TPSA) is 17.8 Å². The van der Waals surface area contributed by atoms with Gasteiger partial charge in [-0.3, -0.25) is 4.68 Å². The smallest absolute Gasteiger partial charge is 0.0659 e. The van der Waals surface area contributed by atoms with Crippen molar-refractivity contribution < 1.29 is 0 Å². The molecule has 2 aromatic rings. The molecule has 2 rings (SSSR count).